The van der Waals surface area contributed by atoms with Crippen LogP contribution in [0.25, 0.3) is 0 Å². The lowest BCUT2D eigenvalue weighted by atomic mass is 9.99. The van der Waals surface area contributed by atoms with Gasteiger partial charge in [-0.3, -0.25) is 9.59 Å². The summed E-state index contributed by atoms with van der Waals surface area (Å²) >= 11 is 1.33. The monoisotopic (exact) mass is 413 g/mol. The van der Waals surface area contributed by atoms with Gasteiger partial charge in [0.05, 0.1) is 19.6 Å². The zero-order valence-corrected chi connectivity index (χ0v) is 16.9. The van der Waals surface area contributed by atoms with E-state index in [1.165, 1.54) is 18.4 Å². The molecule has 2 rings (SSSR count). The molecule has 1 atom stereocenters. The van der Waals surface area contributed by atoms with Crippen LogP contribution in [0.4, 0.5) is 0 Å². The molecule has 0 radical (unpaired) electrons. The Morgan fingerprint density at radius 2 is 2.00 bits per heavy atom. The molecule has 1 aromatic heterocycles. The summed E-state index contributed by atoms with van der Waals surface area (Å²) in [6, 6.07) is 7.51. The third-order valence-electron chi connectivity index (χ3n) is 3.72. The van der Waals surface area contributed by atoms with Crippen molar-refractivity contribution in [2.75, 3.05) is 20.3 Å². The Morgan fingerprint density at radius 1 is 1.30 bits per heavy atom. The van der Waals surface area contributed by atoms with Gasteiger partial charge in [-0.05, 0) is 31.0 Å². The van der Waals surface area contributed by atoms with Gasteiger partial charge in [0.1, 0.15) is 16.5 Å². The van der Waals surface area contributed by atoms with Gasteiger partial charge in [-0.2, -0.15) is 0 Å². The number of hydrogen-bond donors (Lipinski definition) is 2. The lowest BCUT2D eigenvalue weighted by Gasteiger charge is -2.15. The van der Waals surface area contributed by atoms with Crippen molar-refractivity contribution in [3.05, 3.63) is 45.9 Å². The van der Waals surface area contributed by atoms with Crippen molar-refractivity contribution >= 4 is 35.6 Å². The number of carbonyl (C=O) groups is 2. The molecule has 0 saturated carbocycles. The zero-order chi connectivity index (χ0) is 18.9. The van der Waals surface area contributed by atoms with Crippen LogP contribution in [0.15, 0.2) is 29.6 Å². The molecule has 1 heterocycles. The second kappa shape index (κ2) is 11.5. The summed E-state index contributed by atoms with van der Waals surface area (Å²) in [6.45, 7) is 2.97. The third kappa shape index (κ3) is 6.82. The predicted octanol–water partition coefficient (Wildman–Crippen LogP) is 2.18. The van der Waals surface area contributed by atoms with Crippen molar-refractivity contribution in [3.63, 3.8) is 0 Å². The van der Waals surface area contributed by atoms with Crippen LogP contribution in [0.2, 0.25) is 0 Å². The first-order valence-corrected chi connectivity index (χ1v) is 9.17. The van der Waals surface area contributed by atoms with Gasteiger partial charge in [0.25, 0.3) is 5.91 Å². The number of hydrogen-bond acceptors (Lipinski definition) is 7. The topological polar surface area (TPSA) is 104 Å². The smallest absolute Gasteiger partial charge is 0.310 e. The quantitative estimate of drug-likeness (QED) is 0.610. The van der Waals surface area contributed by atoms with Gasteiger partial charge in [0, 0.05) is 18.5 Å². The van der Waals surface area contributed by atoms with Gasteiger partial charge in [0.2, 0.25) is 0 Å². The number of ether oxygens (including phenoxy) is 2. The lowest BCUT2D eigenvalue weighted by molar-refractivity contribution is -0.145. The molecule has 148 valence electrons. The van der Waals surface area contributed by atoms with Crippen LogP contribution < -0.4 is 15.8 Å². The average Bonchev–Trinajstić information content (AvgIpc) is 3.15. The number of methoxy groups -OCH3 is 1. The SMILES string of the molecule is CCOc1ccc(CC(CNC(=O)c2csc(CN)n2)C(=O)OC)cc1.Cl. The van der Waals surface area contributed by atoms with E-state index >= 15 is 0 Å². The Kier molecular flexibility index (Phi) is 9.77. The normalized spacial score (nSPS) is 11.2. The maximum Gasteiger partial charge on any atom is 0.310 e. The highest BCUT2D eigenvalue weighted by atomic mass is 35.5. The average molecular weight is 414 g/mol. The van der Waals surface area contributed by atoms with Crippen molar-refractivity contribution in [2.45, 2.75) is 19.9 Å². The molecule has 0 aliphatic rings. The van der Waals surface area contributed by atoms with Crippen molar-refractivity contribution in [3.8, 4) is 5.75 Å². The van der Waals surface area contributed by atoms with Gasteiger partial charge in [-0.1, -0.05) is 12.1 Å². The van der Waals surface area contributed by atoms with Crippen LogP contribution in [0.3, 0.4) is 0 Å². The second-order valence-corrected chi connectivity index (χ2v) is 6.48. The number of amides is 1. The van der Waals surface area contributed by atoms with E-state index in [1.807, 2.05) is 31.2 Å². The molecular formula is C18H24ClN3O4S. The summed E-state index contributed by atoms with van der Waals surface area (Å²) in [5.41, 5.74) is 6.77. The lowest BCUT2D eigenvalue weighted by Crippen LogP contribution is -2.35. The number of carbonyl (C=O) groups excluding carboxylic acids is 2. The minimum Gasteiger partial charge on any atom is -0.494 e. The number of nitrogens with zero attached hydrogens (tertiary/aromatic N) is 1. The minimum absolute atomic E-state index is 0. The fraction of sp³-hybridized carbons (Fsp3) is 0.389. The van der Waals surface area contributed by atoms with E-state index in [0.717, 1.165) is 11.3 Å². The molecule has 0 fully saturated rings. The summed E-state index contributed by atoms with van der Waals surface area (Å²) in [6.07, 6.45) is 0.449. The number of halogens is 1. The van der Waals surface area contributed by atoms with E-state index in [1.54, 1.807) is 5.38 Å². The van der Waals surface area contributed by atoms with Gasteiger partial charge in [0.15, 0.2) is 0 Å². The summed E-state index contributed by atoms with van der Waals surface area (Å²) in [7, 11) is 1.34. The molecule has 0 spiro atoms. The molecule has 1 amide bonds. The number of aromatic nitrogens is 1. The van der Waals surface area contributed by atoms with Crippen LogP contribution in [0, 0.1) is 5.92 Å². The highest BCUT2D eigenvalue weighted by Gasteiger charge is 2.21. The minimum atomic E-state index is -0.491. The first-order chi connectivity index (χ1) is 12.6. The second-order valence-electron chi connectivity index (χ2n) is 5.54. The standard InChI is InChI=1S/C18H23N3O4S.ClH/c1-3-25-14-6-4-12(5-7-14)8-13(18(23)24-2)10-20-17(22)15-11-26-16(9-19)21-15;/h4-7,11,13H,3,8-10,19H2,1-2H3,(H,20,22);1H. The van der Waals surface area contributed by atoms with Gasteiger partial charge < -0.3 is 20.5 Å². The maximum atomic E-state index is 12.2. The molecule has 7 nitrogen and oxygen atoms in total. The predicted molar refractivity (Wildman–Crippen MR) is 106 cm³/mol. The Bertz CT molecular complexity index is 736. The number of rotatable bonds is 9. The zero-order valence-electron chi connectivity index (χ0n) is 15.3. The number of thiazole rings is 1. The summed E-state index contributed by atoms with van der Waals surface area (Å²) in [5, 5.41) is 5.08. The largest absolute Gasteiger partial charge is 0.494 e. The molecule has 27 heavy (non-hydrogen) atoms. The van der Waals surface area contributed by atoms with Crippen LogP contribution >= 0.6 is 23.7 Å². The highest BCUT2D eigenvalue weighted by Crippen LogP contribution is 2.16. The van der Waals surface area contributed by atoms with E-state index in [4.69, 9.17) is 15.2 Å². The first kappa shape index (κ1) is 22.9. The van der Waals surface area contributed by atoms with Crippen LogP contribution in [0.1, 0.15) is 28.0 Å². The van der Waals surface area contributed by atoms with Crippen LogP contribution in [0.5, 0.6) is 5.75 Å². The van der Waals surface area contributed by atoms with Crippen molar-refractivity contribution in [1.29, 1.82) is 0 Å². The van der Waals surface area contributed by atoms with Gasteiger partial charge in [-0.25, -0.2) is 4.98 Å². The van der Waals surface area contributed by atoms with Crippen molar-refractivity contribution in [1.82, 2.24) is 10.3 Å². The van der Waals surface area contributed by atoms with Crippen molar-refractivity contribution in [2.24, 2.45) is 11.7 Å². The summed E-state index contributed by atoms with van der Waals surface area (Å²) in [5.74, 6) is -0.422. The van der Waals surface area contributed by atoms with Gasteiger partial charge in [-0.15, -0.1) is 23.7 Å². The molecule has 0 aliphatic heterocycles. The Labute approximate surface area is 168 Å². The molecule has 1 aromatic carbocycles. The fourth-order valence-electron chi connectivity index (χ4n) is 2.39. The number of benzene rings is 1. The Balaban J connectivity index is 0.00000364. The van der Waals surface area contributed by atoms with E-state index in [2.05, 4.69) is 10.3 Å². The molecule has 0 aliphatic carbocycles. The number of esters is 1. The Hall–Kier alpha value is -2.16. The molecule has 1 unspecified atom stereocenters. The number of nitrogens with two attached hydrogens (primary N) is 1. The maximum absolute atomic E-state index is 12.2. The van der Waals surface area contributed by atoms with Crippen LogP contribution in [-0.4, -0.2) is 37.1 Å². The summed E-state index contributed by atoms with van der Waals surface area (Å²) < 4.78 is 10.3. The third-order valence-corrected chi connectivity index (χ3v) is 4.59. The molecule has 9 heteroatoms. The van der Waals surface area contributed by atoms with E-state index in [0.29, 0.717) is 30.3 Å². The summed E-state index contributed by atoms with van der Waals surface area (Å²) in [4.78, 5) is 28.4. The molecule has 0 bridgehead atoms. The van der Waals surface area contributed by atoms with E-state index < -0.39 is 5.92 Å². The highest BCUT2D eigenvalue weighted by molar-refractivity contribution is 7.09. The van der Waals surface area contributed by atoms with E-state index in [-0.39, 0.29) is 30.8 Å². The molecule has 2 aromatic rings. The molecule has 3 N–H and O–H groups in total. The van der Waals surface area contributed by atoms with Crippen molar-refractivity contribution < 1.29 is 19.1 Å². The fourth-order valence-corrected chi connectivity index (χ4v) is 3.05. The molecular weight excluding hydrogens is 390 g/mol. The van der Waals surface area contributed by atoms with E-state index in [9.17, 15) is 9.59 Å². The number of nitrogens with one attached hydrogen (secondary N) is 1. The Morgan fingerprint density at radius 3 is 2.56 bits per heavy atom. The van der Waals surface area contributed by atoms with Crippen LogP contribution in [-0.2, 0) is 22.5 Å². The van der Waals surface area contributed by atoms with Gasteiger partial charge >= 0.3 is 5.97 Å². The molecule has 0 saturated heterocycles. The first-order valence-electron chi connectivity index (χ1n) is 8.29.